The van der Waals surface area contributed by atoms with Crippen molar-refractivity contribution in [3.05, 3.63) is 69.4 Å². The Labute approximate surface area is 162 Å². The third-order valence-electron chi connectivity index (χ3n) is 4.37. The van der Waals surface area contributed by atoms with Crippen molar-refractivity contribution in [2.45, 2.75) is 20.4 Å². The minimum Gasteiger partial charge on any atom is -0.497 e. The number of benzene rings is 2. The second-order valence-electron chi connectivity index (χ2n) is 6.93. The van der Waals surface area contributed by atoms with Gasteiger partial charge in [0.25, 0.3) is 5.56 Å². The first-order valence-electron chi connectivity index (χ1n) is 9.08. The predicted octanol–water partition coefficient (Wildman–Crippen LogP) is 1.93. The minimum absolute atomic E-state index is 0.170. The molecule has 2 aromatic carbocycles. The molecule has 0 radical (unpaired) electrons. The van der Waals surface area contributed by atoms with Crippen LogP contribution in [0.3, 0.4) is 0 Å². The number of rotatable bonds is 6. The second kappa shape index (κ2) is 8.12. The summed E-state index contributed by atoms with van der Waals surface area (Å²) in [6, 6.07) is 13.5. The van der Waals surface area contributed by atoms with Crippen LogP contribution in [-0.4, -0.2) is 28.7 Å². The molecule has 0 saturated carbocycles. The number of nitrogens with zero attached hydrogens (tertiary/aromatic N) is 2. The van der Waals surface area contributed by atoms with E-state index in [-0.39, 0.29) is 12.5 Å². The highest BCUT2D eigenvalue weighted by molar-refractivity contribution is 5.81. The average Bonchev–Trinajstić information content (AvgIpc) is 2.70. The standard InChI is InChI=1S/C21H23N3O4/c1-14(2)12-22-19(25)13-23-18-10-5-4-9-17(18)20(26)24(21(23)27)15-7-6-8-16(11-15)28-3/h4-11,14H,12-13H2,1-3H3,(H,22,25). The second-order valence-corrected chi connectivity index (χ2v) is 6.93. The quantitative estimate of drug-likeness (QED) is 0.707. The number of aromatic nitrogens is 2. The lowest BCUT2D eigenvalue weighted by Gasteiger charge is -2.15. The van der Waals surface area contributed by atoms with Gasteiger partial charge in [-0.05, 0) is 30.2 Å². The molecule has 1 N–H and O–H groups in total. The summed E-state index contributed by atoms with van der Waals surface area (Å²) in [5.41, 5.74) is -0.197. The maximum Gasteiger partial charge on any atom is 0.336 e. The molecule has 7 nitrogen and oxygen atoms in total. The molecule has 0 aliphatic rings. The molecule has 0 unspecified atom stereocenters. The fourth-order valence-corrected chi connectivity index (χ4v) is 2.97. The summed E-state index contributed by atoms with van der Waals surface area (Å²) in [6.07, 6.45) is 0. The number of nitrogens with one attached hydrogen (secondary N) is 1. The van der Waals surface area contributed by atoms with Crippen molar-refractivity contribution in [1.29, 1.82) is 0 Å². The number of carbonyl (C=O) groups is 1. The van der Waals surface area contributed by atoms with E-state index in [9.17, 15) is 14.4 Å². The van der Waals surface area contributed by atoms with E-state index in [2.05, 4.69) is 5.32 Å². The maximum atomic E-state index is 13.2. The van der Waals surface area contributed by atoms with E-state index < -0.39 is 11.2 Å². The van der Waals surface area contributed by atoms with Gasteiger partial charge in [-0.25, -0.2) is 9.36 Å². The molecule has 1 heterocycles. The SMILES string of the molecule is COc1cccc(-n2c(=O)c3ccccc3n(CC(=O)NCC(C)C)c2=O)c1. The number of ether oxygens (including phenoxy) is 1. The Bertz CT molecular complexity index is 1130. The molecule has 146 valence electrons. The van der Waals surface area contributed by atoms with Crippen molar-refractivity contribution in [3.8, 4) is 11.4 Å². The fraction of sp³-hybridized carbons (Fsp3) is 0.286. The van der Waals surface area contributed by atoms with Gasteiger partial charge >= 0.3 is 5.69 Å². The number of amides is 1. The molecule has 7 heteroatoms. The average molecular weight is 381 g/mol. The van der Waals surface area contributed by atoms with Gasteiger partial charge in [-0.1, -0.05) is 32.0 Å². The summed E-state index contributed by atoms with van der Waals surface area (Å²) in [6.45, 7) is 4.33. The normalized spacial score (nSPS) is 11.0. The van der Waals surface area contributed by atoms with E-state index in [4.69, 9.17) is 4.74 Å². The summed E-state index contributed by atoms with van der Waals surface area (Å²) in [5, 5.41) is 3.17. The molecule has 0 atom stereocenters. The third kappa shape index (κ3) is 3.83. The van der Waals surface area contributed by atoms with Crippen LogP contribution < -0.4 is 21.3 Å². The molecule has 0 aliphatic heterocycles. The van der Waals surface area contributed by atoms with Gasteiger partial charge in [-0.3, -0.25) is 14.2 Å². The van der Waals surface area contributed by atoms with Crippen LogP contribution in [0.2, 0.25) is 0 Å². The fourth-order valence-electron chi connectivity index (χ4n) is 2.97. The van der Waals surface area contributed by atoms with Crippen LogP contribution in [0.5, 0.6) is 5.75 Å². The molecule has 3 rings (SSSR count). The topological polar surface area (TPSA) is 82.3 Å². The van der Waals surface area contributed by atoms with Crippen LogP contribution in [0.15, 0.2) is 58.1 Å². The number of hydrogen-bond acceptors (Lipinski definition) is 4. The lowest BCUT2D eigenvalue weighted by molar-refractivity contribution is -0.121. The van der Waals surface area contributed by atoms with E-state index in [1.54, 1.807) is 48.5 Å². The molecule has 0 bridgehead atoms. The van der Waals surface area contributed by atoms with E-state index in [0.29, 0.717) is 34.8 Å². The van der Waals surface area contributed by atoms with Crippen LogP contribution >= 0.6 is 0 Å². The Kier molecular flexibility index (Phi) is 5.63. The monoisotopic (exact) mass is 381 g/mol. The van der Waals surface area contributed by atoms with Crippen molar-refractivity contribution in [3.63, 3.8) is 0 Å². The van der Waals surface area contributed by atoms with Gasteiger partial charge in [0.2, 0.25) is 5.91 Å². The maximum absolute atomic E-state index is 13.2. The van der Waals surface area contributed by atoms with Gasteiger partial charge in [0.05, 0.1) is 23.7 Å². The minimum atomic E-state index is -0.573. The Morgan fingerprint density at radius 1 is 1.11 bits per heavy atom. The zero-order chi connectivity index (χ0) is 20.3. The summed E-state index contributed by atoms with van der Waals surface area (Å²) < 4.78 is 7.60. The molecular weight excluding hydrogens is 358 g/mol. The zero-order valence-electron chi connectivity index (χ0n) is 16.1. The largest absolute Gasteiger partial charge is 0.497 e. The van der Waals surface area contributed by atoms with E-state index in [0.717, 1.165) is 4.57 Å². The van der Waals surface area contributed by atoms with Crippen LogP contribution in [0.25, 0.3) is 16.6 Å². The van der Waals surface area contributed by atoms with Crippen LogP contribution in [0, 0.1) is 5.92 Å². The predicted molar refractivity (Wildman–Crippen MR) is 108 cm³/mol. The number of methoxy groups -OCH3 is 1. The van der Waals surface area contributed by atoms with Crippen LogP contribution in [0.4, 0.5) is 0 Å². The molecule has 0 saturated heterocycles. The van der Waals surface area contributed by atoms with Gasteiger partial charge in [0, 0.05) is 12.6 Å². The zero-order valence-corrected chi connectivity index (χ0v) is 16.1. The lowest BCUT2D eigenvalue weighted by Crippen LogP contribution is -2.42. The highest BCUT2D eigenvalue weighted by atomic mass is 16.5. The van der Waals surface area contributed by atoms with Gasteiger partial charge in [0.1, 0.15) is 12.3 Å². The van der Waals surface area contributed by atoms with Gasteiger partial charge in [-0.15, -0.1) is 0 Å². The van der Waals surface area contributed by atoms with Crippen LogP contribution in [0.1, 0.15) is 13.8 Å². The van der Waals surface area contributed by atoms with Gasteiger partial charge in [-0.2, -0.15) is 0 Å². The van der Waals surface area contributed by atoms with Gasteiger partial charge in [0.15, 0.2) is 0 Å². The summed E-state index contributed by atoms with van der Waals surface area (Å²) in [4.78, 5) is 38.6. The highest BCUT2D eigenvalue weighted by Crippen LogP contribution is 2.15. The Hall–Kier alpha value is -3.35. The highest BCUT2D eigenvalue weighted by Gasteiger charge is 2.16. The number of para-hydroxylation sites is 1. The molecule has 0 aliphatic carbocycles. The number of hydrogen-bond donors (Lipinski definition) is 1. The first kappa shape index (κ1) is 19.4. The number of fused-ring (bicyclic) bond motifs is 1. The number of carbonyl (C=O) groups excluding carboxylic acids is 1. The molecule has 1 amide bonds. The van der Waals surface area contributed by atoms with Crippen molar-refractivity contribution in [2.75, 3.05) is 13.7 Å². The molecule has 0 spiro atoms. The molecule has 1 aromatic heterocycles. The summed E-state index contributed by atoms with van der Waals surface area (Å²) in [7, 11) is 1.51. The van der Waals surface area contributed by atoms with E-state index in [1.165, 1.54) is 11.7 Å². The Morgan fingerprint density at radius 2 is 1.86 bits per heavy atom. The Balaban J connectivity index is 2.19. The summed E-state index contributed by atoms with van der Waals surface area (Å²) >= 11 is 0. The first-order chi connectivity index (χ1) is 13.4. The van der Waals surface area contributed by atoms with E-state index in [1.807, 2.05) is 13.8 Å². The van der Waals surface area contributed by atoms with Crippen molar-refractivity contribution in [2.24, 2.45) is 5.92 Å². The van der Waals surface area contributed by atoms with Crippen molar-refractivity contribution in [1.82, 2.24) is 14.5 Å². The van der Waals surface area contributed by atoms with Crippen molar-refractivity contribution < 1.29 is 9.53 Å². The van der Waals surface area contributed by atoms with Gasteiger partial charge < -0.3 is 10.1 Å². The first-order valence-corrected chi connectivity index (χ1v) is 9.08. The molecule has 3 aromatic rings. The van der Waals surface area contributed by atoms with E-state index >= 15 is 0 Å². The van der Waals surface area contributed by atoms with Crippen molar-refractivity contribution >= 4 is 16.8 Å². The molecular formula is C21H23N3O4. The lowest BCUT2D eigenvalue weighted by atomic mass is 10.2. The third-order valence-corrected chi connectivity index (χ3v) is 4.37. The summed E-state index contributed by atoms with van der Waals surface area (Å²) in [5.74, 6) is 0.540. The molecule has 28 heavy (non-hydrogen) atoms. The molecule has 0 fully saturated rings. The Morgan fingerprint density at radius 3 is 2.57 bits per heavy atom. The van der Waals surface area contributed by atoms with Crippen LogP contribution in [-0.2, 0) is 11.3 Å². The smallest absolute Gasteiger partial charge is 0.336 e.